The second-order valence-electron chi connectivity index (χ2n) is 4.41. The lowest BCUT2D eigenvalue weighted by atomic mass is 10.3. The molecule has 0 spiro atoms. The SMILES string of the molecule is CCN(c1ccc(F)cc1)S(=O)(=O)c1cc(CCl)sc1C. The summed E-state index contributed by atoms with van der Waals surface area (Å²) in [5.41, 5.74) is 0.442. The number of benzene rings is 1. The number of nitrogens with zero attached hydrogens (tertiary/aromatic N) is 1. The minimum atomic E-state index is -3.67. The van der Waals surface area contributed by atoms with E-state index in [1.807, 2.05) is 0 Å². The van der Waals surface area contributed by atoms with Crippen molar-refractivity contribution in [3.05, 3.63) is 45.9 Å². The summed E-state index contributed by atoms with van der Waals surface area (Å²) in [4.78, 5) is 1.77. The van der Waals surface area contributed by atoms with Gasteiger partial charge in [0.1, 0.15) is 10.7 Å². The van der Waals surface area contributed by atoms with Crippen LogP contribution in [0.1, 0.15) is 16.7 Å². The van der Waals surface area contributed by atoms with Crippen LogP contribution in [0, 0.1) is 12.7 Å². The standard InChI is InChI=1S/C14H15ClFNO2S2/c1-3-17(12-6-4-11(16)5-7-12)21(18,19)14-8-13(9-15)20-10(14)2/h4-8H,3,9H2,1-2H3. The van der Waals surface area contributed by atoms with Crippen molar-refractivity contribution in [3.8, 4) is 0 Å². The molecule has 0 aliphatic carbocycles. The number of alkyl halides is 1. The third-order valence-electron chi connectivity index (χ3n) is 3.02. The third kappa shape index (κ3) is 3.22. The minimum absolute atomic E-state index is 0.259. The van der Waals surface area contributed by atoms with Crippen LogP contribution in [-0.4, -0.2) is 15.0 Å². The average molecular weight is 348 g/mol. The topological polar surface area (TPSA) is 37.4 Å². The van der Waals surface area contributed by atoms with E-state index in [0.29, 0.717) is 10.6 Å². The molecule has 3 nitrogen and oxygen atoms in total. The molecule has 1 heterocycles. The second kappa shape index (κ2) is 6.34. The van der Waals surface area contributed by atoms with Crippen molar-refractivity contribution in [2.75, 3.05) is 10.8 Å². The van der Waals surface area contributed by atoms with Crippen molar-refractivity contribution in [1.29, 1.82) is 0 Å². The maximum Gasteiger partial charge on any atom is 0.265 e. The molecule has 114 valence electrons. The van der Waals surface area contributed by atoms with Crippen molar-refractivity contribution >= 4 is 38.6 Å². The Morgan fingerprint density at radius 2 is 1.90 bits per heavy atom. The molecule has 0 atom stereocenters. The van der Waals surface area contributed by atoms with Crippen LogP contribution in [0.15, 0.2) is 35.2 Å². The van der Waals surface area contributed by atoms with Gasteiger partial charge in [-0.2, -0.15) is 0 Å². The van der Waals surface area contributed by atoms with E-state index >= 15 is 0 Å². The minimum Gasteiger partial charge on any atom is -0.267 e. The van der Waals surface area contributed by atoms with Crippen LogP contribution in [0.3, 0.4) is 0 Å². The summed E-state index contributed by atoms with van der Waals surface area (Å²) in [7, 11) is -3.67. The monoisotopic (exact) mass is 347 g/mol. The molecule has 0 bridgehead atoms. The van der Waals surface area contributed by atoms with Crippen molar-refractivity contribution < 1.29 is 12.8 Å². The lowest BCUT2D eigenvalue weighted by Gasteiger charge is -2.22. The zero-order chi connectivity index (χ0) is 15.6. The Balaban J connectivity index is 2.49. The fourth-order valence-electron chi connectivity index (χ4n) is 2.06. The number of anilines is 1. The molecule has 0 unspecified atom stereocenters. The van der Waals surface area contributed by atoms with E-state index in [1.54, 1.807) is 19.9 Å². The molecule has 0 amide bonds. The third-order valence-corrected chi connectivity index (χ3v) is 6.68. The number of aryl methyl sites for hydroxylation is 1. The smallest absolute Gasteiger partial charge is 0.265 e. The van der Waals surface area contributed by atoms with Crippen LogP contribution in [0.4, 0.5) is 10.1 Å². The number of hydrogen-bond acceptors (Lipinski definition) is 3. The molecule has 0 saturated heterocycles. The van der Waals surface area contributed by atoms with Crippen molar-refractivity contribution in [2.45, 2.75) is 24.6 Å². The van der Waals surface area contributed by atoms with Crippen LogP contribution < -0.4 is 4.31 Å². The number of thiophene rings is 1. The van der Waals surface area contributed by atoms with E-state index in [-0.39, 0.29) is 17.3 Å². The van der Waals surface area contributed by atoms with Gasteiger partial charge in [-0.1, -0.05) is 0 Å². The first-order valence-electron chi connectivity index (χ1n) is 6.33. The molecule has 0 radical (unpaired) electrons. The maximum atomic E-state index is 13.0. The van der Waals surface area contributed by atoms with E-state index < -0.39 is 15.8 Å². The van der Waals surface area contributed by atoms with Crippen molar-refractivity contribution in [1.82, 2.24) is 0 Å². The van der Waals surface area contributed by atoms with Gasteiger partial charge in [-0.25, -0.2) is 12.8 Å². The first-order chi connectivity index (χ1) is 9.90. The Morgan fingerprint density at radius 1 is 1.29 bits per heavy atom. The highest BCUT2D eigenvalue weighted by Gasteiger charge is 2.27. The summed E-state index contributed by atoms with van der Waals surface area (Å²) in [6, 6.07) is 7.02. The van der Waals surface area contributed by atoms with Gasteiger partial charge >= 0.3 is 0 Å². The summed E-state index contributed by atoms with van der Waals surface area (Å²) < 4.78 is 39.9. The number of sulfonamides is 1. The van der Waals surface area contributed by atoms with Gasteiger partial charge < -0.3 is 0 Å². The number of hydrogen-bond donors (Lipinski definition) is 0. The summed E-state index contributed by atoms with van der Waals surface area (Å²) in [5.74, 6) is -0.118. The molecule has 2 aromatic rings. The van der Waals surface area contributed by atoms with E-state index in [0.717, 1.165) is 4.88 Å². The summed E-state index contributed by atoms with van der Waals surface area (Å²) in [6.45, 7) is 3.76. The molecule has 2 rings (SSSR count). The molecule has 0 N–H and O–H groups in total. The Hall–Kier alpha value is -1.11. The first kappa shape index (κ1) is 16.3. The van der Waals surface area contributed by atoms with Gasteiger partial charge in [-0.05, 0) is 44.2 Å². The summed E-state index contributed by atoms with van der Waals surface area (Å²) >= 11 is 7.14. The molecule has 0 aliphatic rings. The van der Waals surface area contributed by atoms with Gasteiger partial charge in [-0.3, -0.25) is 4.31 Å². The fourth-order valence-corrected chi connectivity index (χ4v) is 5.24. The first-order valence-corrected chi connectivity index (χ1v) is 9.12. The Bertz CT molecular complexity index is 726. The van der Waals surface area contributed by atoms with Crippen molar-refractivity contribution in [3.63, 3.8) is 0 Å². The molecule has 0 aliphatic heterocycles. The van der Waals surface area contributed by atoms with Crippen LogP contribution in [0.25, 0.3) is 0 Å². The number of halogens is 2. The predicted octanol–water partition coefficient (Wildman–Crippen LogP) is 4.15. The highest BCUT2D eigenvalue weighted by molar-refractivity contribution is 7.93. The van der Waals surface area contributed by atoms with Gasteiger partial charge in [0.2, 0.25) is 0 Å². The zero-order valence-electron chi connectivity index (χ0n) is 11.6. The van der Waals surface area contributed by atoms with Gasteiger partial charge in [0.15, 0.2) is 0 Å². The molecule has 1 aromatic heterocycles. The largest absolute Gasteiger partial charge is 0.267 e. The normalized spacial score (nSPS) is 11.6. The van der Waals surface area contributed by atoms with E-state index in [2.05, 4.69) is 0 Å². The highest BCUT2D eigenvalue weighted by atomic mass is 35.5. The molecule has 0 saturated carbocycles. The lowest BCUT2D eigenvalue weighted by molar-refractivity contribution is 0.591. The average Bonchev–Trinajstić information content (AvgIpc) is 2.83. The quantitative estimate of drug-likeness (QED) is 0.762. The molecule has 21 heavy (non-hydrogen) atoms. The fraction of sp³-hybridized carbons (Fsp3) is 0.286. The van der Waals surface area contributed by atoms with Crippen LogP contribution in [0.5, 0.6) is 0 Å². The van der Waals surface area contributed by atoms with Gasteiger partial charge in [0.05, 0.1) is 11.6 Å². The van der Waals surface area contributed by atoms with Crippen LogP contribution in [0.2, 0.25) is 0 Å². The Morgan fingerprint density at radius 3 is 2.38 bits per heavy atom. The van der Waals surface area contributed by atoms with Gasteiger partial charge in [-0.15, -0.1) is 22.9 Å². The molecule has 7 heteroatoms. The van der Waals surface area contributed by atoms with E-state index in [1.165, 1.54) is 39.9 Å². The Labute approximate surface area is 133 Å². The summed E-state index contributed by atoms with van der Waals surface area (Å²) in [5, 5.41) is 0. The Kier molecular flexibility index (Phi) is 4.91. The van der Waals surface area contributed by atoms with Crippen LogP contribution >= 0.6 is 22.9 Å². The second-order valence-corrected chi connectivity index (χ2v) is 7.85. The van der Waals surface area contributed by atoms with E-state index in [4.69, 9.17) is 11.6 Å². The van der Waals surface area contributed by atoms with Gasteiger partial charge in [0, 0.05) is 16.3 Å². The molecular weight excluding hydrogens is 333 g/mol. The molecule has 1 aromatic carbocycles. The number of rotatable bonds is 5. The predicted molar refractivity (Wildman–Crippen MR) is 85.2 cm³/mol. The van der Waals surface area contributed by atoms with Gasteiger partial charge in [0.25, 0.3) is 10.0 Å². The molecular formula is C14H15ClFNO2S2. The molecule has 0 fully saturated rings. The van der Waals surface area contributed by atoms with Crippen molar-refractivity contribution in [2.24, 2.45) is 0 Å². The highest BCUT2D eigenvalue weighted by Crippen LogP contribution is 2.31. The maximum absolute atomic E-state index is 13.0. The van der Waals surface area contributed by atoms with E-state index in [9.17, 15) is 12.8 Å². The van der Waals surface area contributed by atoms with Crippen LogP contribution in [-0.2, 0) is 15.9 Å². The zero-order valence-corrected chi connectivity index (χ0v) is 14.0. The summed E-state index contributed by atoms with van der Waals surface area (Å²) in [6.07, 6.45) is 0. The lowest BCUT2D eigenvalue weighted by Crippen LogP contribution is -2.30.